The number of nitrogens with zero attached hydrogens (tertiary/aromatic N) is 2. The Morgan fingerprint density at radius 3 is 2.47 bits per heavy atom. The van der Waals surface area contributed by atoms with E-state index in [-0.39, 0.29) is 24.4 Å². The normalized spacial score (nSPS) is 12.1. The molecule has 7 nitrogen and oxygen atoms in total. The van der Waals surface area contributed by atoms with E-state index in [1.54, 1.807) is 11.4 Å². The summed E-state index contributed by atoms with van der Waals surface area (Å²) in [7, 11) is 0. The number of carbonyl (C=O) groups is 2. The zero-order valence-electron chi connectivity index (χ0n) is 18.4. The molecular formula is C23H27N3O4S2. The highest BCUT2D eigenvalue weighted by molar-refractivity contribution is 8.00. The summed E-state index contributed by atoms with van der Waals surface area (Å²) in [5.41, 5.74) is 3.30. The van der Waals surface area contributed by atoms with E-state index < -0.39 is 11.2 Å². The van der Waals surface area contributed by atoms with Crippen LogP contribution in [-0.4, -0.2) is 31.8 Å². The van der Waals surface area contributed by atoms with Gasteiger partial charge in [0.1, 0.15) is 4.70 Å². The van der Waals surface area contributed by atoms with Gasteiger partial charge in [0.25, 0.3) is 5.56 Å². The van der Waals surface area contributed by atoms with Crippen molar-refractivity contribution in [2.45, 2.75) is 63.4 Å². The average Bonchev–Trinajstić information content (AvgIpc) is 3.25. The fourth-order valence-electron chi connectivity index (χ4n) is 3.47. The fourth-order valence-corrected chi connectivity index (χ4v) is 5.29. The first-order valence-electron chi connectivity index (χ1n) is 10.7. The molecule has 2 N–H and O–H groups in total. The number of hydrogen-bond acceptors (Lipinski definition) is 6. The van der Waals surface area contributed by atoms with Gasteiger partial charge in [-0.05, 0) is 41.8 Å². The first-order valence-corrected chi connectivity index (χ1v) is 12.4. The number of anilines is 1. The highest BCUT2D eigenvalue weighted by Crippen LogP contribution is 2.29. The van der Waals surface area contributed by atoms with Crippen LogP contribution >= 0.6 is 23.1 Å². The summed E-state index contributed by atoms with van der Waals surface area (Å²) in [6, 6.07) is 7.79. The van der Waals surface area contributed by atoms with Gasteiger partial charge in [-0.2, -0.15) is 0 Å². The van der Waals surface area contributed by atoms with E-state index in [1.165, 1.54) is 27.7 Å². The van der Waals surface area contributed by atoms with Crippen molar-refractivity contribution in [1.29, 1.82) is 0 Å². The second-order valence-corrected chi connectivity index (χ2v) is 9.38. The number of carboxylic acid groups (broad SMARTS) is 1. The van der Waals surface area contributed by atoms with Gasteiger partial charge in [-0.25, -0.2) is 4.98 Å². The topological polar surface area (TPSA) is 101 Å². The van der Waals surface area contributed by atoms with E-state index in [1.807, 2.05) is 25.1 Å². The number of rotatable bonds is 10. The van der Waals surface area contributed by atoms with E-state index in [2.05, 4.69) is 24.1 Å². The smallest absolute Gasteiger partial charge is 0.305 e. The molecule has 32 heavy (non-hydrogen) atoms. The number of nitrogens with one attached hydrogen (secondary N) is 1. The number of benzene rings is 1. The van der Waals surface area contributed by atoms with Crippen molar-refractivity contribution < 1.29 is 14.7 Å². The molecule has 0 bridgehead atoms. The molecule has 3 aromatic rings. The van der Waals surface area contributed by atoms with Crippen LogP contribution in [-0.2, 0) is 29.0 Å². The van der Waals surface area contributed by atoms with Gasteiger partial charge in [0.2, 0.25) is 5.91 Å². The molecule has 2 heterocycles. The Hall–Kier alpha value is -2.65. The maximum Gasteiger partial charge on any atom is 0.305 e. The lowest BCUT2D eigenvalue weighted by Gasteiger charge is -2.20. The van der Waals surface area contributed by atoms with Gasteiger partial charge in [-0.3, -0.25) is 19.0 Å². The van der Waals surface area contributed by atoms with E-state index in [0.29, 0.717) is 21.8 Å². The standard InChI is InChI=1S/C23H27N3O4S2/c1-4-14-8-7-9-15(5-2)19(14)25-21(29)17(6-3)32-23-24-16-11-13-31-20(16)22(30)26(23)12-10-18(27)28/h7-9,11,13,17H,4-6,10,12H2,1-3H3,(H,25,29)(H,27,28)/t17-/m0/s1. The molecule has 0 aliphatic carbocycles. The molecule has 3 rings (SSSR count). The molecule has 1 amide bonds. The number of amides is 1. The predicted octanol–water partition coefficient (Wildman–Crippen LogP) is 4.57. The molecule has 0 saturated heterocycles. The number of hydrogen-bond donors (Lipinski definition) is 2. The van der Waals surface area contributed by atoms with Crippen LogP contribution in [0.3, 0.4) is 0 Å². The quantitative estimate of drug-likeness (QED) is 0.330. The lowest BCUT2D eigenvalue weighted by atomic mass is 10.0. The van der Waals surface area contributed by atoms with E-state index >= 15 is 0 Å². The Bertz CT molecular complexity index is 1160. The molecule has 170 valence electrons. The summed E-state index contributed by atoms with van der Waals surface area (Å²) in [6.07, 6.45) is 1.94. The largest absolute Gasteiger partial charge is 0.481 e. The number of fused-ring (bicyclic) bond motifs is 1. The molecule has 1 aromatic carbocycles. The summed E-state index contributed by atoms with van der Waals surface area (Å²) in [4.78, 5) is 41.9. The summed E-state index contributed by atoms with van der Waals surface area (Å²) >= 11 is 2.49. The molecule has 9 heteroatoms. The summed E-state index contributed by atoms with van der Waals surface area (Å²) in [5, 5.41) is 13.9. The van der Waals surface area contributed by atoms with Crippen LogP contribution in [0.25, 0.3) is 10.2 Å². The Morgan fingerprint density at radius 2 is 1.88 bits per heavy atom. The predicted molar refractivity (Wildman–Crippen MR) is 130 cm³/mol. The number of thioether (sulfide) groups is 1. The first-order chi connectivity index (χ1) is 15.4. The summed E-state index contributed by atoms with van der Waals surface area (Å²) < 4.78 is 1.87. The second-order valence-electron chi connectivity index (χ2n) is 7.29. The van der Waals surface area contributed by atoms with Crippen LogP contribution in [0, 0.1) is 0 Å². The van der Waals surface area contributed by atoms with Crippen LogP contribution in [0.2, 0.25) is 0 Å². The van der Waals surface area contributed by atoms with Gasteiger partial charge >= 0.3 is 5.97 Å². The van der Waals surface area contributed by atoms with Crippen molar-refractivity contribution in [2.75, 3.05) is 5.32 Å². The molecule has 0 unspecified atom stereocenters. The molecule has 0 fully saturated rings. The van der Waals surface area contributed by atoms with Crippen LogP contribution in [0.4, 0.5) is 5.69 Å². The average molecular weight is 474 g/mol. The van der Waals surface area contributed by atoms with E-state index in [9.17, 15) is 14.4 Å². The minimum atomic E-state index is -0.993. The number of carbonyl (C=O) groups excluding carboxylic acids is 1. The third kappa shape index (κ3) is 5.21. The van der Waals surface area contributed by atoms with Gasteiger partial charge in [0.05, 0.1) is 17.2 Å². The molecular weight excluding hydrogens is 446 g/mol. The lowest BCUT2D eigenvalue weighted by molar-refractivity contribution is -0.137. The number of thiophene rings is 1. The number of aromatic nitrogens is 2. The van der Waals surface area contributed by atoms with Crippen molar-refractivity contribution in [2.24, 2.45) is 0 Å². The van der Waals surface area contributed by atoms with Gasteiger partial charge in [0, 0.05) is 12.2 Å². The van der Waals surface area contributed by atoms with Crippen LogP contribution in [0.5, 0.6) is 0 Å². The lowest BCUT2D eigenvalue weighted by Crippen LogP contribution is -2.29. The third-order valence-corrected chi connectivity index (χ3v) is 7.48. The number of carboxylic acids is 1. The van der Waals surface area contributed by atoms with E-state index in [0.717, 1.165) is 29.7 Å². The minimum Gasteiger partial charge on any atom is -0.481 e. The third-order valence-electron chi connectivity index (χ3n) is 5.24. The van der Waals surface area contributed by atoms with Crippen LogP contribution < -0.4 is 10.9 Å². The van der Waals surface area contributed by atoms with Crippen molar-refractivity contribution in [3.05, 3.63) is 51.1 Å². The Balaban J connectivity index is 1.93. The summed E-state index contributed by atoms with van der Waals surface area (Å²) in [5.74, 6) is -1.15. The van der Waals surface area contributed by atoms with Gasteiger partial charge in [0.15, 0.2) is 5.16 Å². The number of para-hydroxylation sites is 1. The zero-order chi connectivity index (χ0) is 23.3. The number of aliphatic carboxylic acids is 1. The molecule has 2 aromatic heterocycles. The van der Waals surface area contributed by atoms with Crippen molar-refractivity contribution in [3.63, 3.8) is 0 Å². The van der Waals surface area contributed by atoms with Gasteiger partial charge in [-0.1, -0.05) is 50.7 Å². The Morgan fingerprint density at radius 1 is 1.19 bits per heavy atom. The van der Waals surface area contributed by atoms with Crippen LogP contribution in [0.15, 0.2) is 39.6 Å². The van der Waals surface area contributed by atoms with Crippen molar-refractivity contribution in [3.8, 4) is 0 Å². The molecule has 0 radical (unpaired) electrons. The van der Waals surface area contributed by atoms with E-state index in [4.69, 9.17) is 5.11 Å². The highest BCUT2D eigenvalue weighted by Gasteiger charge is 2.24. The van der Waals surface area contributed by atoms with Crippen LogP contribution in [0.1, 0.15) is 44.7 Å². The molecule has 0 aliphatic heterocycles. The van der Waals surface area contributed by atoms with Crippen molar-refractivity contribution >= 4 is 50.9 Å². The monoisotopic (exact) mass is 473 g/mol. The Labute approximate surface area is 194 Å². The summed E-state index contributed by atoms with van der Waals surface area (Å²) in [6.45, 7) is 6.02. The Kier molecular flexibility index (Phi) is 8.09. The molecule has 1 atom stereocenters. The molecule has 0 spiro atoms. The van der Waals surface area contributed by atoms with Gasteiger partial charge < -0.3 is 10.4 Å². The highest BCUT2D eigenvalue weighted by atomic mass is 32.2. The SMILES string of the molecule is CCc1cccc(CC)c1NC(=O)[C@H](CC)Sc1nc2ccsc2c(=O)n1CCC(=O)O. The van der Waals surface area contributed by atoms with Gasteiger partial charge in [-0.15, -0.1) is 11.3 Å². The molecule has 0 saturated carbocycles. The van der Waals surface area contributed by atoms with Crippen molar-refractivity contribution in [1.82, 2.24) is 9.55 Å². The molecule has 0 aliphatic rings. The zero-order valence-corrected chi connectivity index (χ0v) is 20.0. The number of aryl methyl sites for hydroxylation is 2. The first kappa shape index (κ1) is 24.0. The maximum atomic E-state index is 13.2. The minimum absolute atomic E-state index is 0.00798. The second kappa shape index (κ2) is 10.8. The fraction of sp³-hybridized carbons (Fsp3) is 0.391. The maximum absolute atomic E-state index is 13.2.